The number of H-pyrrole nitrogens is 1. The van der Waals surface area contributed by atoms with Crippen LogP contribution >= 0.6 is 11.6 Å². The lowest BCUT2D eigenvalue weighted by atomic mass is 9.93. The van der Waals surface area contributed by atoms with Crippen LogP contribution in [0.3, 0.4) is 0 Å². The standard InChI is InChI=1S/C35H36ClN3O4/c1-20-15-26(16-21(2)33(20)36)43-14-8-13-28-27-11-7-12-29(32-22(3)38-39-23(32)4)30(27)18-31(28)34(40)37-19-24-9-6-10-25(17-24)35(41)42-5/h6-7,9-12,15-17H,8,13-14,18-19H2,1-5H3,(H,37,40)(H,38,39). The topological polar surface area (TPSA) is 93.3 Å². The van der Waals surface area contributed by atoms with E-state index in [4.69, 9.17) is 21.1 Å². The number of methoxy groups -OCH3 is 1. The van der Waals surface area contributed by atoms with Crippen LogP contribution in [0.1, 0.15) is 62.4 Å². The Hall–Kier alpha value is -4.36. The van der Waals surface area contributed by atoms with E-state index in [2.05, 4.69) is 33.7 Å². The Labute approximate surface area is 257 Å². The number of amides is 1. The number of nitrogens with one attached hydrogen (secondary N) is 2. The van der Waals surface area contributed by atoms with Crippen molar-refractivity contribution >= 4 is 29.1 Å². The molecule has 1 heterocycles. The molecular formula is C35H36ClN3O4. The van der Waals surface area contributed by atoms with Gasteiger partial charge in [-0.25, -0.2) is 4.79 Å². The van der Waals surface area contributed by atoms with Crippen LogP contribution in [-0.2, 0) is 22.5 Å². The van der Waals surface area contributed by atoms with Crippen LogP contribution in [0.5, 0.6) is 5.75 Å². The van der Waals surface area contributed by atoms with Crippen molar-refractivity contribution in [1.29, 1.82) is 0 Å². The van der Waals surface area contributed by atoms with E-state index in [-0.39, 0.29) is 5.91 Å². The molecule has 4 aromatic rings. The number of halogens is 1. The van der Waals surface area contributed by atoms with Crippen molar-refractivity contribution in [1.82, 2.24) is 15.5 Å². The van der Waals surface area contributed by atoms with Gasteiger partial charge in [-0.3, -0.25) is 9.89 Å². The molecular weight excluding hydrogens is 562 g/mol. The summed E-state index contributed by atoms with van der Waals surface area (Å²) in [6, 6.07) is 17.3. The number of allylic oxidation sites excluding steroid dienone is 1. The van der Waals surface area contributed by atoms with E-state index in [1.165, 1.54) is 7.11 Å². The van der Waals surface area contributed by atoms with Crippen molar-refractivity contribution in [3.63, 3.8) is 0 Å². The molecule has 222 valence electrons. The van der Waals surface area contributed by atoms with Crippen molar-refractivity contribution in [2.24, 2.45) is 0 Å². The second kappa shape index (κ2) is 12.9. The summed E-state index contributed by atoms with van der Waals surface area (Å²) >= 11 is 6.33. The van der Waals surface area contributed by atoms with E-state index in [1.54, 1.807) is 18.2 Å². The van der Waals surface area contributed by atoms with E-state index in [0.29, 0.717) is 31.6 Å². The Morgan fingerprint density at radius 1 is 1.00 bits per heavy atom. The van der Waals surface area contributed by atoms with E-state index < -0.39 is 5.97 Å². The highest BCUT2D eigenvalue weighted by atomic mass is 35.5. The van der Waals surface area contributed by atoms with Gasteiger partial charge in [0.25, 0.3) is 0 Å². The Kier molecular flexibility index (Phi) is 9.02. The van der Waals surface area contributed by atoms with Crippen LogP contribution in [0.2, 0.25) is 5.02 Å². The number of aromatic nitrogens is 2. The summed E-state index contributed by atoms with van der Waals surface area (Å²) in [7, 11) is 1.35. The number of hydrogen-bond donors (Lipinski definition) is 2. The van der Waals surface area contributed by atoms with Crippen LogP contribution in [-0.4, -0.2) is 35.8 Å². The predicted octanol–water partition coefficient (Wildman–Crippen LogP) is 7.24. The van der Waals surface area contributed by atoms with Gasteiger partial charge in [-0.05, 0) is 104 Å². The smallest absolute Gasteiger partial charge is 0.337 e. The maximum atomic E-state index is 13.7. The molecule has 0 bridgehead atoms. The minimum atomic E-state index is -0.409. The Bertz CT molecular complexity index is 1690. The number of rotatable bonds is 10. The molecule has 1 aliphatic carbocycles. The summed E-state index contributed by atoms with van der Waals surface area (Å²) in [5.41, 5.74) is 11.3. The highest BCUT2D eigenvalue weighted by Crippen LogP contribution is 2.42. The Balaban J connectivity index is 1.39. The van der Waals surface area contributed by atoms with E-state index >= 15 is 0 Å². The van der Waals surface area contributed by atoms with Gasteiger partial charge in [0.1, 0.15) is 5.75 Å². The largest absolute Gasteiger partial charge is 0.494 e. The SMILES string of the molecule is COC(=O)c1cccc(CNC(=O)C2=C(CCCOc3cc(C)c(Cl)c(C)c3)c3cccc(-c4c(C)n[nH]c4C)c3C2)c1. The molecule has 2 N–H and O–H groups in total. The first-order valence-electron chi connectivity index (χ1n) is 14.4. The van der Waals surface area contributed by atoms with Gasteiger partial charge < -0.3 is 14.8 Å². The molecule has 0 spiro atoms. The van der Waals surface area contributed by atoms with Crippen molar-refractivity contribution < 1.29 is 19.1 Å². The van der Waals surface area contributed by atoms with Crippen molar-refractivity contribution in [2.75, 3.05) is 13.7 Å². The summed E-state index contributed by atoms with van der Waals surface area (Å²) < 4.78 is 10.9. The van der Waals surface area contributed by atoms with Gasteiger partial charge in [-0.15, -0.1) is 0 Å². The second-order valence-corrected chi connectivity index (χ2v) is 11.4. The average Bonchev–Trinajstić information content (AvgIpc) is 3.55. The molecule has 0 fully saturated rings. The number of hydrogen-bond acceptors (Lipinski definition) is 5. The Morgan fingerprint density at radius 3 is 2.42 bits per heavy atom. The molecule has 1 aliphatic rings. The lowest BCUT2D eigenvalue weighted by Crippen LogP contribution is -2.25. The number of aryl methyl sites for hydroxylation is 4. The monoisotopic (exact) mass is 597 g/mol. The molecule has 0 radical (unpaired) electrons. The van der Waals surface area contributed by atoms with Gasteiger partial charge in [0.05, 0.1) is 25.0 Å². The fourth-order valence-electron chi connectivity index (χ4n) is 5.83. The number of fused-ring (bicyclic) bond motifs is 1. The molecule has 7 nitrogen and oxygen atoms in total. The number of esters is 1. The van der Waals surface area contributed by atoms with Crippen molar-refractivity contribution in [2.45, 2.75) is 53.5 Å². The number of aromatic amines is 1. The summed E-state index contributed by atoms with van der Waals surface area (Å²) in [5, 5.41) is 11.4. The molecule has 1 amide bonds. The van der Waals surface area contributed by atoms with E-state index in [0.717, 1.165) is 78.7 Å². The van der Waals surface area contributed by atoms with E-state index in [9.17, 15) is 9.59 Å². The minimum Gasteiger partial charge on any atom is -0.494 e. The summed E-state index contributed by atoms with van der Waals surface area (Å²) in [5.74, 6) is 0.264. The third kappa shape index (κ3) is 6.37. The normalized spacial score (nSPS) is 12.3. The van der Waals surface area contributed by atoms with Gasteiger partial charge >= 0.3 is 5.97 Å². The molecule has 0 saturated heterocycles. The third-order valence-electron chi connectivity index (χ3n) is 7.94. The zero-order valence-corrected chi connectivity index (χ0v) is 25.9. The van der Waals surface area contributed by atoms with Crippen molar-refractivity contribution in [3.8, 4) is 16.9 Å². The first kappa shape index (κ1) is 30.1. The summed E-state index contributed by atoms with van der Waals surface area (Å²) in [6.07, 6.45) is 1.95. The highest BCUT2D eigenvalue weighted by molar-refractivity contribution is 6.32. The summed E-state index contributed by atoms with van der Waals surface area (Å²) in [4.78, 5) is 25.7. The number of carbonyl (C=O) groups excluding carboxylic acids is 2. The first-order chi connectivity index (χ1) is 20.7. The number of nitrogens with zero attached hydrogens (tertiary/aromatic N) is 1. The van der Waals surface area contributed by atoms with Gasteiger partial charge in [0.2, 0.25) is 5.91 Å². The number of ether oxygens (including phenoxy) is 2. The molecule has 0 aliphatic heterocycles. The lowest BCUT2D eigenvalue weighted by Gasteiger charge is -2.13. The predicted molar refractivity (Wildman–Crippen MR) is 169 cm³/mol. The van der Waals surface area contributed by atoms with Gasteiger partial charge in [0.15, 0.2) is 0 Å². The lowest BCUT2D eigenvalue weighted by molar-refractivity contribution is -0.117. The second-order valence-electron chi connectivity index (χ2n) is 11.0. The molecule has 43 heavy (non-hydrogen) atoms. The quantitative estimate of drug-likeness (QED) is 0.148. The number of benzene rings is 3. The van der Waals surface area contributed by atoms with Gasteiger partial charge in [-0.2, -0.15) is 5.10 Å². The summed E-state index contributed by atoms with van der Waals surface area (Å²) in [6.45, 7) is 8.76. The maximum Gasteiger partial charge on any atom is 0.337 e. The molecule has 0 atom stereocenters. The van der Waals surface area contributed by atoms with Crippen molar-refractivity contribution in [3.05, 3.63) is 110 Å². The third-order valence-corrected chi connectivity index (χ3v) is 8.54. The fraction of sp³-hybridized carbons (Fsp3) is 0.286. The maximum absolute atomic E-state index is 13.7. The molecule has 0 unspecified atom stereocenters. The Morgan fingerprint density at radius 2 is 1.72 bits per heavy atom. The molecule has 8 heteroatoms. The minimum absolute atomic E-state index is 0.119. The zero-order chi connectivity index (χ0) is 30.7. The fourth-order valence-corrected chi connectivity index (χ4v) is 5.94. The van der Waals surface area contributed by atoms with Crippen LogP contribution in [0.4, 0.5) is 0 Å². The van der Waals surface area contributed by atoms with Crippen LogP contribution in [0, 0.1) is 27.7 Å². The molecule has 1 aromatic heterocycles. The average molecular weight is 598 g/mol. The van der Waals surface area contributed by atoms with Gasteiger partial charge in [-0.1, -0.05) is 41.9 Å². The van der Waals surface area contributed by atoms with Crippen LogP contribution in [0.25, 0.3) is 16.7 Å². The number of carbonyl (C=O) groups is 2. The van der Waals surface area contributed by atoms with Crippen LogP contribution < -0.4 is 10.1 Å². The molecule has 5 rings (SSSR count). The van der Waals surface area contributed by atoms with Gasteiger partial charge in [0, 0.05) is 34.8 Å². The van der Waals surface area contributed by atoms with E-state index in [1.807, 2.05) is 45.9 Å². The zero-order valence-electron chi connectivity index (χ0n) is 25.2. The first-order valence-corrected chi connectivity index (χ1v) is 14.8. The molecule has 0 saturated carbocycles. The van der Waals surface area contributed by atoms with Crippen LogP contribution in [0.15, 0.2) is 60.2 Å². The molecule has 3 aromatic carbocycles. The highest BCUT2D eigenvalue weighted by Gasteiger charge is 2.29.